The fourth-order valence-corrected chi connectivity index (χ4v) is 2.41. The zero-order valence-corrected chi connectivity index (χ0v) is 8.86. The normalized spacial score (nSPS) is 20.4. The maximum absolute atomic E-state index is 5.33. The van der Waals surface area contributed by atoms with Gasteiger partial charge in [-0.1, -0.05) is 30.3 Å². The number of likely N-dealkylation sites (N-methyl/N-ethyl adjacent to an activating group) is 1. The van der Waals surface area contributed by atoms with Crippen LogP contribution < -0.4 is 0 Å². The highest BCUT2D eigenvalue weighted by Crippen LogP contribution is 2.33. The molecule has 1 saturated heterocycles. The standard InChI is InChI=1S/C12H17NO/c1-13-8-12(9-13,10-14-2)11-6-4-3-5-7-11/h3-7H,8-10H2,1-2H3. The lowest BCUT2D eigenvalue weighted by atomic mass is 9.75. The molecule has 0 atom stereocenters. The van der Waals surface area contributed by atoms with E-state index in [0.717, 1.165) is 19.7 Å². The third kappa shape index (κ3) is 1.56. The quantitative estimate of drug-likeness (QED) is 0.718. The molecule has 0 bridgehead atoms. The number of likely N-dealkylation sites (tertiary alicyclic amines) is 1. The molecular weight excluding hydrogens is 174 g/mol. The van der Waals surface area contributed by atoms with Crippen molar-refractivity contribution in [3.8, 4) is 0 Å². The molecule has 14 heavy (non-hydrogen) atoms. The van der Waals surface area contributed by atoms with E-state index in [4.69, 9.17) is 4.74 Å². The van der Waals surface area contributed by atoms with Gasteiger partial charge in [0.15, 0.2) is 0 Å². The van der Waals surface area contributed by atoms with Gasteiger partial charge in [-0.3, -0.25) is 0 Å². The summed E-state index contributed by atoms with van der Waals surface area (Å²) in [6.07, 6.45) is 0. The smallest absolute Gasteiger partial charge is 0.0583 e. The van der Waals surface area contributed by atoms with Crippen LogP contribution in [0.2, 0.25) is 0 Å². The SMILES string of the molecule is COCC1(c2ccccc2)CN(C)C1. The number of methoxy groups -OCH3 is 1. The molecule has 1 aromatic rings. The third-order valence-corrected chi connectivity index (χ3v) is 2.95. The van der Waals surface area contributed by atoms with Crippen LogP contribution in [0.25, 0.3) is 0 Å². The van der Waals surface area contributed by atoms with Crippen LogP contribution in [-0.4, -0.2) is 38.8 Å². The molecule has 0 aromatic heterocycles. The van der Waals surface area contributed by atoms with Crippen molar-refractivity contribution in [1.82, 2.24) is 4.90 Å². The molecule has 0 radical (unpaired) electrons. The molecule has 2 heteroatoms. The monoisotopic (exact) mass is 191 g/mol. The largest absolute Gasteiger partial charge is 0.384 e. The predicted octanol–water partition coefficient (Wildman–Crippen LogP) is 1.52. The molecule has 1 fully saturated rings. The van der Waals surface area contributed by atoms with Crippen molar-refractivity contribution in [2.45, 2.75) is 5.41 Å². The van der Waals surface area contributed by atoms with Crippen molar-refractivity contribution in [2.75, 3.05) is 33.9 Å². The highest BCUT2D eigenvalue weighted by atomic mass is 16.5. The van der Waals surface area contributed by atoms with Gasteiger partial charge in [0.25, 0.3) is 0 Å². The Morgan fingerprint density at radius 3 is 2.43 bits per heavy atom. The van der Waals surface area contributed by atoms with Crippen LogP contribution in [0.5, 0.6) is 0 Å². The maximum Gasteiger partial charge on any atom is 0.0583 e. The second-order valence-corrected chi connectivity index (χ2v) is 4.25. The van der Waals surface area contributed by atoms with E-state index in [1.54, 1.807) is 7.11 Å². The zero-order valence-electron chi connectivity index (χ0n) is 8.86. The molecule has 1 aliphatic rings. The Hall–Kier alpha value is -0.860. The van der Waals surface area contributed by atoms with Gasteiger partial charge >= 0.3 is 0 Å². The average molecular weight is 191 g/mol. The number of nitrogens with zero attached hydrogens (tertiary/aromatic N) is 1. The summed E-state index contributed by atoms with van der Waals surface area (Å²) in [6, 6.07) is 10.7. The number of ether oxygens (including phenoxy) is 1. The summed E-state index contributed by atoms with van der Waals surface area (Å²) in [4.78, 5) is 2.33. The molecule has 2 rings (SSSR count). The fraction of sp³-hybridized carbons (Fsp3) is 0.500. The fourth-order valence-electron chi connectivity index (χ4n) is 2.41. The molecule has 0 unspecified atom stereocenters. The summed E-state index contributed by atoms with van der Waals surface area (Å²) in [5, 5.41) is 0. The first kappa shape index (κ1) is 9.69. The average Bonchev–Trinajstić information content (AvgIpc) is 2.17. The minimum Gasteiger partial charge on any atom is -0.384 e. The van der Waals surface area contributed by atoms with E-state index < -0.39 is 0 Å². The first-order chi connectivity index (χ1) is 6.77. The number of benzene rings is 1. The summed E-state index contributed by atoms with van der Waals surface area (Å²) >= 11 is 0. The van der Waals surface area contributed by atoms with E-state index in [0.29, 0.717) is 0 Å². The predicted molar refractivity (Wildman–Crippen MR) is 57.5 cm³/mol. The third-order valence-electron chi connectivity index (χ3n) is 2.95. The lowest BCUT2D eigenvalue weighted by Gasteiger charge is -2.48. The molecule has 0 amide bonds. The van der Waals surface area contributed by atoms with Gasteiger partial charge in [-0.2, -0.15) is 0 Å². The Morgan fingerprint density at radius 1 is 1.29 bits per heavy atom. The molecule has 76 valence electrons. The first-order valence-corrected chi connectivity index (χ1v) is 5.00. The number of rotatable bonds is 3. The number of hydrogen-bond acceptors (Lipinski definition) is 2. The molecule has 1 aromatic carbocycles. The molecular formula is C12H17NO. The number of hydrogen-bond donors (Lipinski definition) is 0. The van der Waals surface area contributed by atoms with Gasteiger partial charge in [-0.05, 0) is 12.6 Å². The van der Waals surface area contributed by atoms with Crippen LogP contribution >= 0.6 is 0 Å². The van der Waals surface area contributed by atoms with E-state index >= 15 is 0 Å². The Kier molecular flexibility index (Phi) is 2.57. The maximum atomic E-state index is 5.33. The van der Waals surface area contributed by atoms with Gasteiger partial charge < -0.3 is 9.64 Å². The van der Waals surface area contributed by atoms with Gasteiger partial charge in [-0.25, -0.2) is 0 Å². The Balaban J connectivity index is 2.20. The lowest BCUT2D eigenvalue weighted by molar-refractivity contribution is 0.0188. The molecule has 1 aliphatic heterocycles. The van der Waals surface area contributed by atoms with Crippen molar-refractivity contribution in [2.24, 2.45) is 0 Å². The highest BCUT2D eigenvalue weighted by Gasteiger charge is 2.42. The Bertz CT molecular complexity index is 285. The first-order valence-electron chi connectivity index (χ1n) is 5.00. The van der Waals surface area contributed by atoms with Gasteiger partial charge in [0.05, 0.1) is 6.61 Å². The van der Waals surface area contributed by atoms with Crippen LogP contribution in [0.4, 0.5) is 0 Å². The van der Waals surface area contributed by atoms with Crippen LogP contribution in [0.1, 0.15) is 5.56 Å². The molecule has 0 N–H and O–H groups in total. The summed E-state index contributed by atoms with van der Waals surface area (Å²) in [5.74, 6) is 0. The van der Waals surface area contributed by atoms with Crippen LogP contribution in [0, 0.1) is 0 Å². The molecule has 0 aliphatic carbocycles. The topological polar surface area (TPSA) is 12.5 Å². The molecule has 1 heterocycles. The second kappa shape index (κ2) is 3.71. The Labute approximate surface area is 85.5 Å². The van der Waals surface area contributed by atoms with Crippen molar-refractivity contribution in [3.63, 3.8) is 0 Å². The van der Waals surface area contributed by atoms with E-state index in [1.165, 1.54) is 5.56 Å². The van der Waals surface area contributed by atoms with Crippen LogP contribution in [0.15, 0.2) is 30.3 Å². The highest BCUT2D eigenvalue weighted by molar-refractivity contribution is 5.29. The molecule has 0 saturated carbocycles. The molecule has 2 nitrogen and oxygen atoms in total. The summed E-state index contributed by atoms with van der Waals surface area (Å²) in [6.45, 7) is 3.02. The minimum atomic E-state index is 0.241. The van der Waals surface area contributed by atoms with Crippen molar-refractivity contribution in [1.29, 1.82) is 0 Å². The minimum absolute atomic E-state index is 0.241. The van der Waals surface area contributed by atoms with Crippen molar-refractivity contribution < 1.29 is 4.74 Å². The summed E-state index contributed by atoms with van der Waals surface area (Å²) < 4.78 is 5.33. The van der Waals surface area contributed by atoms with Gasteiger partial charge in [0.1, 0.15) is 0 Å². The molecule has 0 spiro atoms. The van der Waals surface area contributed by atoms with E-state index in [-0.39, 0.29) is 5.41 Å². The van der Waals surface area contributed by atoms with Gasteiger partial charge in [-0.15, -0.1) is 0 Å². The summed E-state index contributed by atoms with van der Waals surface area (Å²) in [7, 11) is 3.93. The van der Waals surface area contributed by atoms with Crippen LogP contribution in [0.3, 0.4) is 0 Å². The Morgan fingerprint density at radius 2 is 1.93 bits per heavy atom. The van der Waals surface area contributed by atoms with E-state index in [9.17, 15) is 0 Å². The van der Waals surface area contributed by atoms with Crippen molar-refractivity contribution in [3.05, 3.63) is 35.9 Å². The second-order valence-electron chi connectivity index (χ2n) is 4.25. The van der Waals surface area contributed by atoms with Gasteiger partial charge in [0.2, 0.25) is 0 Å². The summed E-state index contributed by atoms with van der Waals surface area (Å²) in [5.41, 5.74) is 1.64. The lowest BCUT2D eigenvalue weighted by Crippen LogP contribution is -2.59. The van der Waals surface area contributed by atoms with Crippen molar-refractivity contribution >= 4 is 0 Å². The van der Waals surface area contributed by atoms with E-state index in [1.807, 2.05) is 0 Å². The van der Waals surface area contributed by atoms with E-state index in [2.05, 4.69) is 42.3 Å². The zero-order chi connectivity index (χ0) is 10.0. The van der Waals surface area contributed by atoms with Crippen LogP contribution in [-0.2, 0) is 10.2 Å². The van der Waals surface area contributed by atoms with Gasteiger partial charge in [0, 0.05) is 25.6 Å².